The molecule has 0 unspecified atom stereocenters. The number of pyridine rings is 1. The average molecular weight is 221 g/mol. The molecule has 4 nitrogen and oxygen atoms in total. The van der Waals surface area contributed by atoms with Gasteiger partial charge in [-0.15, -0.1) is 0 Å². The Morgan fingerprint density at radius 3 is 2.81 bits per heavy atom. The molecule has 1 fully saturated rings. The fourth-order valence-corrected chi connectivity index (χ4v) is 2.09. The maximum Gasteiger partial charge on any atom is 0.214 e. The number of ether oxygens (including phenoxy) is 1. The Kier molecular flexibility index (Phi) is 3.62. The normalized spacial score (nSPS) is 17.5. The number of piperidine rings is 1. The van der Waals surface area contributed by atoms with E-state index in [4.69, 9.17) is 10.5 Å². The second kappa shape index (κ2) is 5.16. The van der Waals surface area contributed by atoms with Crippen molar-refractivity contribution in [1.29, 1.82) is 0 Å². The summed E-state index contributed by atoms with van der Waals surface area (Å²) >= 11 is 0. The fraction of sp³-hybridized carbons (Fsp3) is 0.583. The molecule has 16 heavy (non-hydrogen) atoms. The van der Waals surface area contributed by atoms with Crippen molar-refractivity contribution < 1.29 is 4.74 Å². The summed E-state index contributed by atoms with van der Waals surface area (Å²) in [5.41, 5.74) is 5.68. The van der Waals surface area contributed by atoms with E-state index in [9.17, 15) is 0 Å². The van der Waals surface area contributed by atoms with Gasteiger partial charge in [0.15, 0.2) is 0 Å². The van der Waals surface area contributed by atoms with E-state index in [2.05, 4.69) is 9.88 Å². The van der Waals surface area contributed by atoms with Gasteiger partial charge >= 0.3 is 0 Å². The molecule has 0 aliphatic carbocycles. The molecule has 1 aliphatic rings. The zero-order valence-corrected chi connectivity index (χ0v) is 9.72. The molecule has 0 radical (unpaired) electrons. The Bertz CT molecular complexity index is 335. The molecule has 1 saturated heterocycles. The Labute approximate surface area is 96.4 Å². The number of nitrogens with zero attached hydrogens (tertiary/aromatic N) is 2. The van der Waals surface area contributed by atoms with Crippen LogP contribution in [0.25, 0.3) is 0 Å². The maximum absolute atomic E-state index is 5.68. The third-order valence-corrected chi connectivity index (χ3v) is 3.19. The molecule has 2 N–H and O–H groups in total. The van der Waals surface area contributed by atoms with E-state index < -0.39 is 0 Å². The molecule has 0 amide bonds. The van der Waals surface area contributed by atoms with Gasteiger partial charge in [0.1, 0.15) is 5.82 Å². The van der Waals surface area contributed by atoms with Gasteiger partial charge in [0.05, 0.1) is 7.11 Å². The smallest absolute Gasteiger partial charge is 0.214 e. The molecule has 2 heterocycles. The minimum atomic E-state index is 0.679. The van der Waals surface area contributed by atoms with Gasteiger partial charge in [0.25, 0.3) is 0 Å². The summed E-state index contributed by atoms with van der Waals surface area (Å²) in [5.74, 6) is 2.37. The molecule has 1 aliphatic heterocycles. The van der Waals surface area contributed by atoms with Gasteiger partial charge in [-0.1, -0.05) is 6.07 Å². The zero-order valence-electron chi connectivity index (χ0n) is 9.72. The molecule has 0 bridgehead atoms. The molecule has 0 spiro atoms. The highest BCUT2D eigenvalue weighted by Gasteiger charge is 2.18. The summed E-state index contributed by atoms with van der Waals surface area (Å²) in [4.78, 5) is 6.74. The maximum atomic E-state index is 5.68. The first-order chi connectivity index (χ1) is 7.83. The molecule has 4 heteroatoms. The fourth-order valence-electron chi connectivity index (χ4n) is 2.09. The summed E-state index contributed by atoms with van der Waals surface area (Å²) in [5, 5.41) is 0. The average Bonchev–Trinajstić information content (AvgIpc) is 2.39. The van der Waals surface area contributed by atoms with Gasteiger partial charge in [-0.3, -0.25) is 0 Å². The summed E-state index contributed by atoms with van der Waals surface area (Å²) in [6.07, 6.45) is 2.32. The highest BCUT2D eigenvalue weighted by atomic mass is 16.5. The van der Waals surface area contributed by atoms with Crippen LogP contribution in [0.4, 0.5) is 5.82 Å². The van der Waals surface area contributed by atoms with Gasteiger partial charge in [-0.2, -0.15) is 4.98 Å². The largest absolute Gasteiger partial charge is 0.481 e. The Hall–Kier alpha value is -1.29. The lowest BCUT2D eigenvalue weighted by molar-refractivity contribution is 0.392. The van der Waals surface area contributed by atoms with Crippen LogP contribution in [0.3, 0.4) is 0 Å². The Balaban J connectivity index is 2.02. The van der Waals surface area contributed by atoms with E-state index in [0.717, 1.165) is 38.3 Å². The van der Waals surface area contributed by atoms with Crippen molar-refractivity contribution in [3.8, 4) is 5.88 Å². The molecular formula is C12H19N3O. The number of methoxy groups -OCH3 is 1. The van der Waals surface area contributed by atoms with Crippen molar-refractivity contribution in [2.45, 2.75) is 12.8 Å². The highest BCUT2D eigenvalue weighted by molar-refractivity contribution is 5.41. The predicted molar refractivity (Wildman–Crippen MR) is 64.8 cm³/mol. The van der Waals surface area contributed by atoms with Gasteiger partial charge in [-0.25, -0.2) is 0 Å². The SMILES string of the molecule is COc1cccc(N2CCC(CN)CC2)n1. The number of aromatic nitrogens is 1. The van der Waals surface area contributed by atoms with Crippen LogP contribution in [0.5, 0.6) is 5.88 Å². The third kappa shape index (κ3) is 2.44. The van der Waals surface area contributed by atoms with E-state index >= 15 is 0 Å². The van der Waals surface area contributed by atoms with Crippen LogP contribution in [0.1, 0.15) is 12.8 Å². The van der Waals surface area contributed by atoms with E-state index in [1.165, 1.54) is 0 Å². The molecule has 1 aromatic rings. The highest BCUT2D eigenvalue weighted by Crippen LogP contribution is 2.22. The Morgan fingerprint density at radius 1 is 1.44 bits per heavy atom. The lowest BCUT2D eigenvalue weighted by Gasteiger charge is -2.32. The molecular weight excluding hydrogens is 202 g/mol. The zero-order chi connectivity index (χ0) is 11.4. The third-order valence-electron chi connectivity index (χ3n) is 3.19. The van der Waals surface area contributed by atoms with Crippen molar-refractivity contribution in [2.75, 3.05) is 31.6 Å². The van der Waals surface area contributed by atoms with Crippen molar-refractivity contribution in [3.05, 3.63) is 18.2 Å². The van der Waals surface area contributed by atoms with Crippen LogP contribution < -0.4 is 15.4 Å². The van der Waals surface area contributed by atoms with Crippen LogP contribution in [0.2, 0.25) is 0 Å². The second-order valence-electron chi connectivity index (χ2n) is 4.20. The molecule has 0 atom stereocenters. The van der Waals surface area contributed by atoms with Crippen molar-refractivity contribution >= 4 is 5.82 Å². The van der Waals surface area contributed by atoms with E-state index in [1.54, 1.807) is 7.11 Å². The van der Waals surface area contributed by atoms with Gasteiger partial charge in [-0.05, 0) is 31.4 Å². The first kappa shape index (κ1) is 11.2. The lowest BCUT2D eigenvalue weighted by Crippen LogP contribution is -2.36. The van der Waals surface area contributed by atoms with Crippen LogP contribution >= 0.6 is 0 Å². The van der Waals surface area contributed by atoms with Gasteiger partial charge in [0, 0.05) is 19.2 Å². The minimum Gasteiger partial charge on any atom is -0.481 e. The van der Waals surface area contributed by atoms with Crippen LogP contribution in [0.15, 0.2) is 18.2 Å². The lowest BCUT2D eigenvalue weighted by atomic mass is 9.97. The summed E-state index contributed by atoms with van der Waals surface area (Å²) < 4.78 is 5.13. The second-order valence-corrected chi connectivity index (χ2v) is 4.20. The monoisotopic (exact) mass is 221 g/mol. The molecule has 1 aromatic heterocycles. The summed E-state index contributed by atoms with van der Waals surface area (Å²) in [6, 6.07) is 5.89. The number of hydrogen-bond donors (Lipinski definition) is 1. The quantitative estimate of drug-likeness (QED) is 0.835. The summed E-state index contributed by atoms with van der Waals surface area (Å²) in [6.45, 7) is 2.89. The van der Waals surface area contributed by atoms with Crippen LogP contribution in [-0.4, -0.2) is 31.7 Å². The van der Waals surface area contributed by atoms with E-state index in [-0.39, 0.29) is 0 Å². The van der Waals surface area contributed by atoms with Crippen LogP contribution in [-0.2, 0) is 0 Å². The van der Waals surface area contributed by atoms with Crippen molar-refractivity contribution in [3.63, 3.8) is 0 Å². The van der Waals surface area contributed by atoms with Gasteiger partial charge < -0.3 is 15.4 Å². The molecule has 0 saturated carbocycles. The minimum absolute atomic E-state index is 0.679. The van der Waals surface area contributed by atoms with E-state index in [0.29, 0.717) is 11.8 Å². The van der Waals surface area contributed by atoms with Gasteiger partial charge in [0.2, 0.25) is 5.88 Å². The number of nitrogens with two attached hydrogens (primary N) is 1. The van der Waals surface area contributed by atoms with E-state index in [1.807, 2.05) is 18.2 Å². The Morgan fingerprint density at radius 2 is 2.19 bits per heavy atom. The number of anilines is 1. The summed E-state index contributed by atoms with van der Waals surface area (Å²) in [7, 11) is 1.65. The van der Waals surface area contributed by atoms with Crippen molar-refractivity contribution in [2.24, 2.45) is 11.7 Å². The predicted octanol–water partition coefficient (Wildman–Crippen LogP) is 1.27. The molecule has 0 aromatic carbocycles. The standard InChI is InChI=1S/C12H19N3O/c1-16-12-4-2-3-11(14-12)15-7-5-10(9-13)6-8-15/h2-4,10H,5-9,13H2,1H3. The topological polar surface area (TPSA) is 51.4 Å². The number of hydrogen-bond acceptors (Lipinski definition) is 4. The van der Waals surface area contributed by atoms with Crippen LogP contribution in [0, 0.1) is 5.92 Å². The van der Waals surface area contributed by atoms with Crippen molar-refractivity contribution in [1.82, 2.24) is 4.98 Å². The molecule has 88 valence electrons. The number of rotatable bonds is 3. The molecule has 2 rings (SSSR count). The first-order valence-corrected chi connectivity index (χ1v) is 5.79. The first-order valence-electron chi connectivity index (χ1n) is 5.79.